The molecule has 1 aliphatic heterocycles. The van der Waals surface area contributed by atoms with Crippen molar-refractivity contribution in [1.29, 1.82) is 0 Å². The molecule has 0 atom stereocenters. The van der Waals surface area contributed by atoms with Gasteiger partial charge in [-0.2, -0.15) is 0 Å². The largest absolute Gasteiger partial charge is 0.369 e. The first-order valence-electron chi connectivity index (χ1n) is 6.13. The number of benzene rings is 1. The van der Waals surface area contributed by atoms with Crippen LogP contribution in [0.4, 0.5) is 5.69 Å². The van der Waals surface area contributed by atoms with Gasteiger partial charge in [-0.15, -0.1) is 0 Å². The van der Waals surface area contributed by atoms with E-state index in [-0.39, 0.29) is 5.41 Å². The molecule has 0 amide bonds. The number of halogens is 1. The molecule has 0 spiro atoms. The average molecular weight is 387 g/mol. The Balaban J connectivity index is 2.36. The Morgan fingerprint density at radius 3 is 2.79 bits per heavy atom. The van der Waals surface area contributed by atoms with Gasteiger partial charge in [-0.05, 0) is 52.5 Å². The van der Waals surface area contributed by atoms with Gasteiger partial charge in [0, 0.05) is 35.3 Å². The lowest BCUT2D eigenvalue weighted by Crippen LogP contribution is -2.32. The summed E-state index contributed by atoms with van der Waals surface area (Å²) in [6.07, 6.45) is 1.75. The molecule has 0 radical (unpaired) electrons. The van der Waals surface area contributed by atoms with Gasteiger partial charge in [0.25, 0.3) is 0 Å². The van der Waals surface area contributed by atoms with Crippen LogP contribution in [0.15, 0.2) is 23.2 Å². The Kier molecular flexibility index (Phi) is 4.15. The van der Waals surface area contributed by atoms with E-state index in [0.29, 0.717) is 5.11 Å². The zero-order chi connectivity index (χ0) is 14.2. The molecule has 1 aromatic carbocycles. The maximum atomic E-state index is 5.45. The number of fused-ring (bicyclic) bond motifs is 1. The van der Waals surface area contributed by atoms with Gasteiger partial charge in [-0.25, -0.2) is 4.99 Å². The minimum absolute atomic E-state index is 0.109. The molecule has 19 heavy (non-hydrogen) atoms. The molecule has 0 aliphatic carbocycles. The first-order valence-corrected chi connectivity index (χ1v) is 7.62. The molecule has 0 N–H and O–H groups in total. The van der Waals surface area contributed by atoms with Crippen molar-refractivity contribution in [3.63, 3.8) is 0 Å². The van der Waals surface area contributed by atoms with Crippen LogP contribution in [-0.4, -0.2) is 37.0 Å². The van der Waals surface area contributed by atoms with Crippen molar-refractivity contribution in [2.45, 2.75) is 19.3 Å². The highest BCUT2D eigenvalue weighted by Crippen LogP contribution is 2.41. The number of anilines is 1. The van der Waals surface area contributed by atoms with Crippen molar-refractivity contribution in [2.24, 2.45) is 4.99 Å². The molecule has 0 aromatic heterocycles. The van der Waals surface area contributed by atoms with E-state index in [9.17, 15) is 0 Å². The normalized spacial score (nSPS) is 16.8. The summed E-state index contributed by atoms with van der Waals surface area (Å²) in [5.41, 5.74) is 2.64. The lowest BCUT2D eigenvalue weighted by Gasteiger charge is -2.20. The molecule has 1 heterocycles. The van der Waals surface area contributed by atoms with E-state index in [1.165, 1.54) is 14.8 Å². The van der Waals surface area contributed by atoms with E-state index in [1.54, 1.807) is 6.34 Å². The molecule has 0 saturated carbocycles. The van der Waals surface area contributed by atoms with Gasteiger partial charge < -0.3 is 9.80 Å². The first kappa shape index (κ1) is 14.7. The van der Waals surface area contributed by atoms with E-state index < -0.39 is 0 Å². The number of thiocarbonyl (C=S) groups is 1. The summed E-state index contributed by atoms with van der Waals surface area (Å²) in [7, 11) is 3.88. The van der Waals surface area contributed by atoms with Gasteiger partial charge in [0.05, 0.1) is 6.34 Å². The minimum atomic E-state index is 0.109. The van der Waals surface area contributed by atoms with Crippen LogP contribution in [0, 0.1) is 3.57 Å². The summed E-state index contributed by atoms with van der Waals surface area (Å²) in [6, 6.07) is 6.54. The molecule has 102 valence electrons. The van der Waals surface area contributed by atoms with Crippen LogP contribution >= 0.6 is 34.8 Å². The molecule has 3 nitrogen and oxygen atoms in total. The third kappa shape index (κ3) is 3.08. The van der Waals surface area contributed by atoms with E-state index in [0.717, 1.165) is 6.54 Å². The van der Waals surface area contributed by atoms with Crippen LogP contribution < -0.4 is 4.90 Å². The topological polar surface area (TPSA) is 18.8 Å². The van der Waals surface area contributed by atoms with Crippen molar-refractivity contribution < 1.29 is 0 Å². The molecular weight excluding hydrogens is 369 g/mol. The van der Waals surface area contributed by atoms with Crippen molar-refractivity contribution in [2.75, 3.05) is 25.5 Å². The highest BCUT2D eigenvalue weighted by Gasteiger charge is 2.36. The van der Waals surface area contributed by atoms with E-state index in [4.69, 9.17) is 12.2 Å². The molecule has 0 bridgehead atoms. The van der Waals surface area contributed by atoms with E-state index in [2.05, 4.69) is 64.5 Å². The number of nitrogens with zero attached hydrogens (tertiary/aromatic N) is 3. The summed E-state index contributed by atoms with van der Waals surface area (Å²) in [5, 5.41) is 0.627. The zero-order valence-corrected chi connectivity index (χ0v) is 14.6. The fourth-order valence-corrected chi connectivity index (χ4v) is 2.96. The number of aliphatic imine (C=N–C) groups is 1. The van der Waals surface area contributed by atoms with E-state index in [1.807, 2.05) is 19.0 Å². The molecule has 1 aromatic rings. The Bertz CT molecular complexity index is 537. The van der Waals surface area contributed by atoms with Gasteiger partial charge >= 0.3 is 0 Å². The minimum Gasteiger partial charge on any atom is -0.369 e. The van der Waals surface area contributed by atoms with E-state index >= 15 is 0 Å². The monoisotopic (exact) mass is 387 g/mol. The summed E-state index contributed by atoms with van der Waals surface area (Å²) in [5.74, 6) is 0. The Morgan fingerprint density at radius 1 is 1.47 bits per heavy atom. The summed E-state index contributed by atoms with van der Waals surface area (Å²) < 4.78 is 1.22. The second kappa shape index (κ2) is 5.36. The maximum absolute atomic E-state index is 5.45. The van der Waals surface area contributed by atoms with Crippen molar-refractivity contribution in [1.82, 2.24) is 4.90 Å². The average Bonchev–Trinajstić information content (AvgIpc) is 2.58. The molecule has 2 rings (SSSR count). The van der Waals surface area contributed by atoms with Gasteiger partial charge in [0.2, 0.25) is 5.11 Å². The van der Waals surface area contributed by atoms with Crippen LogP contribution in [0.1, 0.15) is 19.4 Å². The lowest BCUT2D eigenvalue weighted by atomic mass is 9.87. The molecule has 5 heteroatoms. The van der Waals surface area contributed by atoms with Crippen LogP contribution in [0.2, 0.25) is 0 Å². The Morgan fingerprint density at radius 2 is 2.16 bits per heavy atom. The summed E-state index contributed by atoms with van der Waals surface area (Å²) >= 11 is 7.79. The Labute approximate surface area is 133 Å². The van der Waals surface area contributed by atoms with Crippen LogP contribution in [0.5, 0.6) is 0 Å². The second-order valence-corrected chi connectivity index (χ2v) is 7.23. The van der Waals surface area contributed by atoms with Gasteiger partial charge in [0.1, 0.15) is 0 Å². The van der Waals surface area contributed by atoms with Crippen molar-refractivity contribution in [3.8, 4) is 0 Å². The number of rotatable bonds is 1. The van der Waals surface area contributed by atoms with Gasteiger partial charge in [-0.1, -0.05) is 19.9 Å². The van der Waals surface area contributed by atoms with Crippen LogP contribution in [-0.2, 0) is 5.41 Å². The van der Waals surface area contributed by atoms with Crippen LogP contribution in [0.25, 0.3) is 0 Å². The maximum Gasteiger partial charge on any atom is 0.201 e. The predicted molar refractivity (Wildman–Crippen MR) is 94.3 cm³/mol. The smallest absolute Gasteiger partial charge is 0.201 e. The quantitative estimate of drug-likeness (QED) is 0.319. The molecule has 0 unspecified atom stereocenters. The molecular formula is C14H18IN3S. The number of hydrogen-bond donors (Lipinski definition) is 0. The molecule has 1 aliphatic rings. The summed E-state index contributed by atoms with van der Waals surface area (Å²) in [4.78, 5) is 8.38. The third-order valence-corrected chi connectivity index (χ3v) is 4.16. The molecule has 0 saturated heterocycles. The highest BCUT2D eigenvalue weighted by atomic mass is 127. The summed E-state index contributed by atoms with van der Waals surface area (Å²) in [6.45, 7) is 5.37. The first-order chi connectivity index (χ1) is 8.81. The third-order valence-electron chi connectivity index (χ3n) is 3.16. The fraction of sp³-hybridized carbons (Fsp3) is 0.429. The SMILES string of the molecule is CN(C)C=NC(=S)N1CC(C)(C)c2ccc(I)cc21. The molecule has 0 fully saturated rings. The standard InChI is InChI=1S/C14H18IN3S/c1-14(2)8-18(13(19)16-9-17(3)4)12-7-10(15)5-6-11(12)14/h5-7,9H,8H2,1-4H3. The second-order valence-electron chi connectivity index (χ2n) is 5.62. The van der Waals surface area contributed by atoms with Gasteiger partial charge in [-0.3, -0.25) is 0 Å². The predicted octanol–water partition coefficient (Wildman–Crippen LogP) is 3.26. The number of hydrogen-bond acceptors (Lipinski definition) is 1. The van der Waals surface area contributed by atoms with Crippen molar-refractivity contribution >= 4 is 51.9 Å². The van der Waals surface area contributed by atoms with Crippen molar-refractivity contribution in [3.05, 3.63) is 27.3 Å². The van der Waals surface area contributed by atoms with Crippen LogP contribution in [0.3, 0.4) is 0 Å². The lowest BCUT2D eigenvalue weighted by molar-refractivity contribution is 0.572. The zero-order valence-electron chi connectivity index (χ0n) is 11.6. The van der Waals surface area contributed by atoms with Gasteiger partial charge in [0.15, 0.2) is 0 Å². The highest BCUT2D eigenvalue weighted by molar-refractivity contribution is 14.1. The Hall–Kier alpha value is -0.690. The fourth-order valence-electron chi connectivity index (χ4n) is 2.27.